The molecule has 0 aliphatic rings. The molecule has 0 fully saturated rings. The Bertz CT molecular complexity index is 525. The number of aromatic amines is 1. The van der Waals surface area contributed by atoms with Crippen LogP contribution in [0.4, 0.5) is 0 Å². The number of hydrogen-bond donors (Lipinski definition) is 1. The average Bonchev–Trinajstić information content (AvgIpc) is 2.48. The first-order valence-electron chi connectivity index (χ1n) is 3.62. The van der Waals surface area contributed by atoms with Crippen LogP contribution in [-0.4, -0.2) is 25.4 Å². The van der Waals surface area contributed by atoms with Crippen LogP contribution in [0.5, 0.6) is 0 Å². The van der Waals surface area contributed by atoms with Gasteiger partial charge in [-0.25, -0.2) is 14.3 Å². The first-order chi connectivity index (χ1) is 6.18. The van der Waals surface area contributed by atoms with E-state index >= 15 is 0 Å². The van der Waals surface area contributed by atoms with E-state index in [9.17, 15) is 9.59 Å². The van der Waals surface area contributed by atoms with Crippen LogP contribution in [0.3, 0.4) is 0 Å². The van der Waals surface area contributed by atoms with E-state index in [4.69, 9.17) is 0 Å². The summed E-state index contributed by atoms with van der Waals surface area (Å²) in [7, 11) is 0. The Morgan fingerprint density at radius 1 is 1.62 bits per heavy atom. The van der Waals surface area contributed by atoms with Crippen LogP contribution in [0.25, 0.3) is 11.2 Å². The Morgan fingerprint density at radius 2 is 2.38 bits per heavy atom. The molecule has 1 N–H and O–H groups in total. The second-order valence-electron chi connectivity index (χ2n) is 2.55. The molecule has 0 bridgehead atoms. The minimum absolute atomic E-state index is 0.322. The molecule has 0 unspecified atom stereocenters. The predicted octanol–water partition coefficient (Wildman–Crippen LogP) is -0.220. The van der Waals surface area contributed by atoms with Crippen LogP contribution >= 0.6 is 0 Å². The molecule has 0 spiro atoms. The monoisotopic (exact) mass is 178 g/mol. The molecule has 0 radical (unpaired) electrons. The van der Waals surface area contributed by atoms with Gasteiger partial charge >= 0.3 is 5.69 Å². The quantitative estimate of drug-likeness (QED) is 0.604. The molecule has 6 heteroatoms. The van der Waals surface area contributed by atoms with Crippen molar-refractivity contribution in [1.29, 1.82) is 0 Å². The van der Waals surface area contributed by atoms with Crippen LogP contribution in [0.1, 0.15) is 11.7 Å². The summed E-state index contributed by atoms with van der Waals surface area (Å²) in [4.78, 5) is 32.2. The molecule has 0 aromatic carbocycles. The zero-order valence-corrected chi connectivity index (χ0v) is 6.81. The summed E-state index contributed by atoms with van der Waals surface area (Å²) in [6, 6.07) is 0. The molecular formula is C7H6N4O2. The molecule has 2 heterocycles. The minimum Gasteiger partial charge on any atom is -0.342 e. The second kappa shape index (κ2) is 2.51. The van der Waals surface area contributed by atoms with E-state index in [2.05, 4.69) is 15.0 Å². The van der Waals surface area contributed by atoms with Gasteiger partial charge in [0.05, 0.1) is 6.33 Å². The highest BCUT2D eigenvalue weighted by molar-refractivity contribution is 5.79. The number of imidazole rings is 1. The fraction of sp³-hybridized carbons (Fsp3) is 0.143. The van der Waals surface area contributed by atoms with Crippen molar-refractivity contribution in [3.8, 4) is 0 Å². The predicted molar refractivity (Wildman–Crippen MR) is 44.4 cm³/mol. The maximum absolute atomic E-state index is 11.1. The first kappa shape index (κ1) is 7.66. The highest BCUT2D eigenvalue weighted by atomic mass is 16.2. The lowest BCUT2D eigenvalue weighted by atomic mass is 10.5. The molecular weight excluding hydrogens is 172 g/mol. The summed E-state index contributed by atoms with van der Waals surface area (Å²) in [5, 5.41) is 0. The molecule has 2 aromatic heterocycles. The molecule has 0 saturated carbocycles. The van der Waals surface area contributed by atoms with Crippen molar-refractivity contribution in [2.24, 2.45) is 0 Å². The van der Waals surface area contributed by atoms with Crippen molar-refractivity contribution >= 4 is 17.1 Å². The third kappa shape index (κ3) is 1.12. The van der Waals surface area contributed by atoms with Crippen molar-refractivity contribution in [3.63, 3.8) is 0 Å². The molecule has 13 heavy (non-hydrogen) atoms. The van der Waals surface area contributed by atoms with E-state index in [1.165, 1.54) is 19.4 Å². The third-order valence-electron chi connectivity index (χ3n) is 1.65. The van der Waals surface area contributed by atoms with Gasteiger partial charge in [-0.2, -0.15) is 4.98 Å². The van der Waals surface area contributed by atoms with Crippen molar-refractivity contribution < 1.29 is 4.79 Å². The summed E-state index contributed by atoms with van der Waals surface area (Å²) in [5.41, 5.74) is 0.282. The van der Waals surface area contributed by atoms with Gasteiger partial charge in [0.15, 0.2) is 5.65 Å². The highest BCUT2D eigenvalue weighted by Crippen LogP contribution is 2.00. The minimum atomic E-state index is -0.605. The first-order valence-corrected chi connectivity index (χ1v) is 3.62. The smallest absolute Gasteiger partial charge is 0.342 e. The highest BCUT2D eigenvalue weighted by Gasteiger charge is 2.05. The number of H-pyrrole nitrogens is 1. The summed E-state index contributed by atoms with van der Waals surface area (Å²) in [5.74, 6) is -0.367. The maximum atomic E-state index is 11.1. The lowest BCUT2D eigenvalue weighted by molar-refractivity contribution is 0.0931. The molecule has 0 amide bonds. The Labute approximate surface area is 72.2 Å². The van der Waals surface area contributed by atoms with Gasteiger partial charge in [-0.1, -0.05) is 0 Å². The number of aromatic nitrogens is 4. The summed E-state index contributed by atoms with van der Waals surface area (Å²) < 4.78 is 0.931. The van der Waals surface area contributed by atoms with Crippen LogP contribution < -0.4 is 5.69 Å². The molecule has 0 saturated heterocycles. The lowest BCUT2D eigenvalue weighted by Crippen LogP contribution is -2.26. The van der Waals surface area contributed by atoms with Gasteiger partial charge in [0, 0.05) is 13.1 Å². The van der Waals surface area contributed by atoms with Crippen LogP contribution in [0.15, 0.2) is 17.3 Å². The number of nitrogens with zero attached hydrogens (tertiary/aromatic N) is 3. The number of rotatable bonds is 0. The zero-order chi connectivity index (χ0) is 9.42. The van der Waals surface area contributed by atoms with Gasteiger partial charge in [-0.05, 0) is 0 Å². The van der Waals surface area contributed by atoms with Crippen molar-refractivity contribution in [3.05, 3.63) is 23.0 Å². The van der Waals surface area contributed by atoms with E-state index in [0.717, 1.165) is 4.57 Å². The Kier molecular flexibility index (Phi) is 1.48. The molecule has 2 aromatic rings. The molecule has 66 valence electrons. The second-order valence-corrected chi connectivity index (χ2v) is 2.55. The lowest BCUT2D eigenvalue weighted by Gasteiger charge is -1.96. The standard InChI is InChI=1S/C7H6N4O2/c1-4(12)11-2-5-6(9-3-8-5)10-7(11)13/h2-3H,1H3,(H,8,9,10,13). The Balaban J connectivity index is 2.84. The largest absolute Gasteiger partial charge is 0.356 e. The van der Waals surface area contributed by atoms with E-state index < -0.39 is 5.69 Å². The summed E-state index contributed by atoms with van der Waals surface area (Å²) in [6.45, 7) is 1.30. The van der Waals surface area contributed by atoms with Crippen LogP contribution in [-0.2, 0) is 0 Å². The van der Waals surface area contributed by atoms with Gasteiger partial charge in [0.1, 0.15) is 5.52 Å². The summed E-state index contributed by atoms with van der Waals surface area (Å²) in [6.07, 6.45) is 2.81. The molecule has 0 aliphatic heterocycles. The number of fused-ring (bicyclic) bond motifs is 1. The van der Waals surface area contributed by atoms with Crippen molar-refractivity contribution in [1.82, 2.24) is 19.5 Å². The summed E-state index contributed by atoms with van der Waals surface area (Å²) >= 11 is 0. The number of hydrogen-bond acceptors (Lipinski definition) is 4. The average molecular weight is 178 g/mol. The zero-order valence-electron chi connectivity index (χ0n) is 6.81. The normalized spacial score (nSPS) is 10.5. The number of carbonyl (C=O) groups excluding carboxylic acids is 1. The SMILES string of the molecule is CC(=O)n1cc2[nH]cnc2nc1=O. The van der Waals surface area contributed by atoms with Crippen LogP contribution in [0, 0.1) is 0 Å². The van der Waals surface area contributed by atoms with Gasteiger partial charge in [0.25, 0.3) is 0 Å². The van der Waals surface area contributed by atoms with Gasteiger partial charge in [-0.3, -0.25) is 4.79 Å². The topological polar surface area (TPSA) is 80.6 Å². The van der Waals surface area contributed by atoms with E-state index in [0.29, 0.717) is 11.2 Å². The molecule has 0 atom stereocenters. The third-order valence-corrected chi connectivity index (χ3v) is 1.65. The van der Waals surface area contributed by atoms with Crippen LogP contribution in [0.2, 0.25) is 0 Å². The van der Waals surface area contributed by atoms with E-state index in [1.54, 1.807) is 0 Å². The fourth-order valence-corrected chi connectivity index (χ4v) is 1.04. The fourth-order valence-electron chi connectivity index (χ4n) is 1.04. The Hall–Kier alpha value is -1.98. The molecule has 6 nitrogen and oxygen atoms in total. The molecule has 0 aliphatic carbocycles. The maximum Gasteiger partial charge on any atom is 0.356 e. The number of carbonyl (C=O) groups is 1. The van der Waals surface area contributed by atoms with Gasteiger partial charge in [-0.15, -0.1) is 0 Å². The number of nitrogens with one attached hydrogen (secondary N) is 1. The Morgan fingerprint density at radius 3 is 3.08 bits per heavy atom. The van der Waals surface area contributed by atoms with E-state index in [-0.39, 0.29) is 5.91 Å². The molecule has 2 rings (SSSR count). The van der Waals surface area contributed by atoms with E-state index in [1.807, 2.05) is 0 Å². The van der Waals surface area contributed by atoms with Gasteiger partial charge < -0.3 is 4.98 Å². The van der Waals surface area contributed by atoms with Crippen molar-refractivity contribution in [2.75, 3.05) is 0 Å². The van der Waals surface area contributed by atoms with Gasteiger partial charge in [0.2, 0.25) is 5.91 Å². The van der Waals surface area contributed by atoms with Crippen molar-refractivity contribution in [2.45, 2.75) is 6.92 Å².